The number of likely N-dealkylation sites (N-methyl/N-ethyl adjacent to an activating group) is 1. The second-order valence-electron chi connectivity index (χ2n) is 8.87. The van der Waals surface area contributed by atoms with Crippen molar-refractivity contribution in [1.82, 2.24) is 10.2 Å². The standard InChI is InChI=1S/C28H31Cl2N3O4S/c1-5-31-28(35)21(4)32(17-22-14-15-23(29)16-25(22)30)27(34)18-33(26-13-9-10-19(2)20(26)3)38(36,37)24-11-7-6-8-12-24/h6-16,21H,5,17-18H2,1-4H3,(H,31,35). The van der Waals surface area contributed by atoms with Crippen LogP contribution in [0.5, 0.6) is 0 Å². The highest BCUT2D eigenvalue weighted by Crippen LogP contribution is 2.29. The molecule has 0 radical (unpaired) electrons. The maximum atomic E-state index is 13.9. The summed E-state index contributed by atoms with van der Waals surface area (Å²) in [6.07, 6.45) is 0. The first-order valence-electron chi connectivity index (χ1n) is 12.1. The highest BCUT2D eigenvalue weighted by Gasteiger charge is 2.33. The van der Waals surface area contributed by atoms with Gasteiger partial charge in [0.05, 0.1) is 10.6 Å². The van der Waals surface area contributed by atoms with Crippen molar-refractivity contribution in [3.63, 3.8) is 0 Å². The van der Waals surface area contributed by atoms with Gasteiger partial charge in [-0.25, -0.2) is 8.42 Å². The van der Waals surface area contributed by atoms with Gasteiger partial charge in [0.1, 0.15) is 12.6 Å². The molecule has 0 aliphatic carbocycles. The molecule has 0 saturated heterocycles. The fraction of sp³-hybridized carbons (Fsp3) is 0.286. The Morgan fingerprint density at radius 2 is 1.66 bits per heavy atom. The third-order valence-corrected chi connectivity index (χ3v) is 8.69. The summed E-state index contributed by atoms with van der Waals surface area (Å²) < 4.78 is 28.8. The van der Waals surface area contributed by atoms with Crippen LogP contribution < -0.4 is 9.62 Å². The van der Waals surface area contributed by atoms with Crippen LogP contribution in [0.15, 0.2) is 71.6 Å². The molecule has 1 unspecified atom stereocenters. The maximum Gasteiger partial charge on any atom is 0.264 e. The molecular weight excluding hydrogens is 545 g/mol. The summed E-state index contributed by atoms with van der Waals surface area (Å²) in [5.41, 5.74) is 2.56. The number of rotatable bonds is 10. The number of halogens is 2. The highest BCUT2D eigenvalue weighted by atomic mass is 35.5. The summed E-state index contributed by atoms with van der Waals surface area (Å²) in [5.74, 6) is -0.926. The lowest BCUT2D eigenvalue weighted by Gasteiger charge is -2.32. The lowest BCUT2D eigenvalue weighted by atomic mass is 10.1. The van der Waals surface area contributed by atoms with E-state index in [0.717, 1.165) is 15.4 Å². The molecule has 3 aromatic rings. The molecule has 0 heterocycles. The van der Waals surface area contributed by atoms with E-state index in [1.807, 2.05) is 19.9 Å². The van der Waals surface area contributed by atoms with E-state index in [0.29, 0.717) is 27.8 Å². The van der Waals surface area contributed by atoms with Gasteiger partial charge in [-0.05, 0) is 74.7 Å². The molecule has 0 aliphatic rings. The molecule has 0 bridgehead atoms. The molecule has 1 N–H and O–H groups in total. The fourth-order valence-electron chi connectivity index (χ4n) is 3.98. The Morgan fingerprint density at radius 1 is 0.974 bits per heavy atom. The van der Waals surface area contributed by atoms with Crippen molar-refractivity contribution in [2.75, 3.05) is 17.4 Å². The number of nitrogens with zero attached hydrogens (tertiary/aromatic N) is 2. The molecule has 0 aliphatic heterocycles. The zero-order valence-electron chi connectivity index (χ0n) is 21.7. The molecule has 2 amide bonds. The van der Waals surface area contributed by atoms with Gasteiger partial charge in [0.15, 0.2) is 0 Å². The average molecular weight is 577 g/mol. The van der Waals surface area contributed by atoms with Crippen LogP contribution in [-0.2, 0) is 26.2 Å². The fourth-order valence-corrected chi connectivity index (χ4v) is 5.94. The third kappa shape index (κ3) is 6.67. The number of amides is 2. The van der Waals surface area contributed by atoms with Crippen LogP contribution in [0.4, 0.5) is 5.69 Å². The minimum atomic E-state index is -4.12. The van der Waals surface area contributed by atoms with Gasteiger partial charge >= 0.3 is 0 Å². The van der Waals surface area contributed by atoms with Gasteiger partial charge in [-0.3, -0.25) is 13.9 Å². The third-order valence-electron chi connectivity index (χ3n) is 6.33. The van der Waals surface area contributed by atoms with Gasteiger partial charge in [0.25, 0.3) is 10.0 Å². The van der Waals surface area contributed by atoms with Gasteiger partial charge in [0.2, 0.25) is 11.8 Å². The quantitative estimate of drug-likeness (QED) is 0.352. The van der Waals surface area contributed by atoms with Crippen molar-refractivity contribution >= 4 is 50.7 Å². The predicted molar refractivity (Wildman–Crippen MR) is 152 cm³/mol. The van der Waals surface area contributed by atoms with E-state index in [2.05, 4.69) is 5.32 Å². The Hall–Kier alpha value is -3.07. The van der Waals surface area contributed by atoms with E-state index in [1.54, 1.807) is 62.4 Å². The highest BCUT2D eigenvalue weighted by molar-refractivity contribution is 7.92. The summed E-state index contributed by atoms with van der Waals surface area (Å²) >= 11 is 12.4. The number of hydrogen-bond acceptors (Lipinski definition) is 4. The van der Waals surface area contributed by atoms with Crippen LogP contribution in [0.3, 0.4) is 0 Å². The Morgan fingerprint density at radius 3 is 2.29 bits per heavy atom. The molecule has 0 spiro atoms. The second-order valence-corrected chi connectivity index (χ2v) is 11.6. The number of anilines is 1. The Balaban J connectivity index is 2.08. The Labute approximate surface area is 234 Å². The van der Waals surface area contributed by atoms with Crippen molar-refractivity contribution < 1.29 is 18.0 Å². The van der Waals surface area contributed by atoms with E-state index >= 15 is 0 Å². The first kappa shape index (κ1) is 29.5. The second kappa shape index (κ2) is 12.7. The van der Waals surface area contributed by atoms with E-state index in [4.69, 9.17) is 23.2 Å². The minimum Gasteiger partial charge on any atom is -0.355 e. The largest absolute Gasteiger partial charge is 0.355 e. The van der Waals surface area contributed by atoms with Crippen LogP contribution in [0, 0.1) is 13.8 Å². The van der Waals surface area contributed by atoms with Crippen LogP contribution in [0.25, 0.3) is 0 Å². The summed E-state index contributed by atoms with van der Waals surface area (Å²) in [4.78, 5) is 28.1. The van der Waals surface area contributed by atoms with Crippen molar-refractivity contribution in [2.45, 2.75) is 45.2 Å². The monoisotopic (exact) mass is 575 g/mol. The number of benzene rings is 3. The molecule has 0 fully saturated rings. The van der Waals surface area contributed by atoms with Crippen LogP contribution in [0.1, 0.15) is 30.5 Å². The van der Waals surface area contributed by atoms with E-state index in [-0.39, 0.29) is 17.3 Å². The van der Waals surface area contributed by atoms with Crippen molar-refractivity contribution in [3.8, 4) is 0 Å². The SMILES string of the molecule is CCNC(=O)C(C)N(Cc1ccc(Cl)cc1Cl)C(=O)CN(c1cccc(C)c1C)S(=O)(=O)c1ccccc1. The van der Waals surface area contributed by atoms with Crippen molar-refractivity contribution in [2.24, 2.45) is 0 Å². The summed E-state index contributed by atoms with van der Waals surface area (Å²) in [6.45, 7) is 6.91. The number of sulfonamides is 1. The Kier molecular flexibility index (Phi) is 9.82. The van der Waals surface area contributed by atoms with Gasteiger partial charge < -0.3 is 10.2 Å². The molecular formula is C28H31Cl2N3O4S. The average Bonchev–Trinajstić information content (AvgIpc) is 2.88. The maximum absolute atomic E-state index is 13.9. The molecule has 202 valence electrons. The van der Waals surface area contributed by atoms with E-state index < -0.39 is 28.5 Å². The van der Waals surface area contributed by atoms with Gasteiger partial charge in [-0.1, -0.05) is 59.6 Å². The summed E-state index contributed by atoms with van der Waals surface area (Å²) in [6, 6.07) is 17.2. The Bertz CT molecular complexity index is 1410. The topological polar surface area (TPSA) is 86.8 Å². The van der Waals surface area contributed by atoms with E-state index in [1.165, 1.54) is 17.0 Å². The zero-order chi connectivity index (χ0) is 28.0. The van der Waals surface area contributed by atoms with Crippen molar-refractivity contribution in [3.05, 3.63) is 93.5 Å². The van der Waals surface area contributed by atoms with Crippen LogP contribution in [0.2, 0.25) is 10.0 Å². The van der Waals surface area contributed by atoms with E-state index in [9.17, 15) is 18.0 Å². The van der Waals surface area contributed by atoms with Gasteiger partial charge in [-0.2, -0.15) is 0 Å². The number of nitrogens with one attached hydrogen (secondary N) is 1. The molecule has 1 atom stereocenters. The summed E-state index contributed by atoms with van der Waals surface area (Å²) in [5, 5.41) is 3.50. The summed E-state index contributed by atoms with van der Waals surface area (Å²) in [7, 11) is -4.12. The normalized spacial score (nSPS) is 12.1. The van der Waals surface area contributed by atoms with Crippen LogP contribution >= 0.6 is 23.2 Å². The minimum absolute atomic E-state index is 0.0147. The predicted octanol–water partition coefficient (Wildman–Crippen LogP) is 5.36. The van der Waals surface area contributed by atoms with Crippen LogP contribution in [-0.4, -0.2) is 44.3 Å². The smallest absolute Gasteiger partial charge is 0.264 e. The number of carbonyl (C=O) groups is 2. The number of carbonyl (C=O) groups excluding carboxylic acids is 2. The molecule has 7 nitrogen and oxygen atoms in total. The number of aryl methyl sites for hydroxylation is 1. The van der Waals surface area contributed by atoms with Crippen molar-refractivity contribution in [1.29, 1.82) is 0 Å². The first-order chi connectivity index (χ1) is 18.0. The van der Waals surface area contributed by atoms with Gasteiger partial charge in [-0.15, -0.1) is 0 Å². The molecule has 0 saturated carbocycles. The molecule has 0 aromatic heterocycles. The van der Waals surface area contributed by atoms with Gasteiger partial charge in [0, 0.05) is 23.1 Å². The lowest BCUT2D eigenvalue weighted by Crippen LogP contribution is -2.51. The molecule has 38 heavy (non-hydrogen) atoms. The molecule has 3 aromatic carbocycles. The number of hydrogen-bond donors (Lipinski definition) is 1. The molecule has 10 heteroatoms. The zero-order valence-corrected chi connectivity index (χ0v) is 24.1. The molecule has 3 rings (SSSR count). The first-order valence-corrected chi connectivity index (χ1v) is 14.3. The lowest BCUT2D eigenvalue weighted by molar-refractivity contribution is -0.139.